The molecule has 0 heterocycles. The van der Waals surface area contributed by atoms with Crippen LogP contribution in [0.5, 0.6) is 0 Å². The standard InChI is InChI=1S/Ag.2Sb.Te2.4H/c;;;1-2;;;;. The molecule has 0 aromatic heterocycles. The fourth-order valence-electron chi connectivity index (χ4n) is 0. The van der Waals surface area contributed by atoms with E-state index in [4.69, 9.17) is 0 Å². The van der Waals surface area contributed by atoms with E-state index in [2.05, 4.69) is 0 Å². The van der Waals surface area contributed by atoms with Crippen molar-refractivity contribution >= 4 is 85.7 Å². The van der Waals surface area contributed by atoms with E-state index in [0.717, 1.165) is 0 Å². The third-order valence-electron chi connectivity index (χ3n) is 0. The van der Waals surface area contributed by atoms with Gasteiger partial charge in [-0.05, 0) is 0 Å². The van der Waals surface area contributed by atoms with Crippen LogP contribution in [-0.4, -0.2) is 85.7 Å². The Kier molecular flexibility index (Phi) is 114. The van der Waals surface area contributed by atoms with E-state index in [0.29, 0.717) is 0 Å². The second-order valence-corrected chi connectivity index (χ2v) is 0. The molecule has 0 saturated carbocycles. The number of rotatable bonds is 0. The molecule has 0 spiro atoms. The summed E-state index contributed by atoms with van der Waals surface area (Å²) in [7, 11) is 0. The van der Waals surface area contributed by atoms with Crippen molar-refractivity contribution in [1.82, 2.24) is 0 Å². The van der Waals surface area contributed by atoms with Crippen molar-refractivity contribution in [2.24, 2.45) is 0 Å². The van der Waals surface area contributed by atoms with Gasteiger partial charge in [0, 0.05) is 22.4 Å². The van der Waals surface area contributed by atoms with Crippen molar-refractivity contribution in [3.63, 3.8) is 0 Å². The van der Waals surface area contributed by atoms with Crippen LogP contribution in [0.3, 0.4) is 0 Å². The first-order valence-corrected chi connectivity index (χ1v) is 7.50. The van der Waals surface area contributed by atoms with Gasteiger partial charge in [0.05, 0.1) is 0 Å². The molecule has 0 atom stereocenters. The Morgan fingerprint density at radius 3 is 0.800 bits per heavy atom. The summed E-state index contributed by atoms with van der Waals surface area (Å²) in [5.41, 5.74) is 0. The van der Waals surface area contributed by atoms with Crippen LogP contribution < -0.4 is 0 Å². The Balaban J connectivity index is -0.00000000167. The predicted octanol–water partition coefficient (Wildman–Crippen LogP) is -2.60. The van der Waals surface area contributed by atoms with Gasteiger partial charge < -0.3 is 0 Å². The van der Waals surface area contributed by atoms with Crippen molar-refractivity contribution < 1.29 is 22.4 Å². The Hall–Kier alpha value is 3.96. The summed E-state index contributed by atoms with van der Waals surface area (Å²) in [5.74, 6) is 0. The maximum absolute atomic E-state index is 1.96. The zero-order valence-corrected chi connectivity index (χ0v) is 15.0. The van der Waals surface area contributed by atoms with Gasteiger partial charge in [-0.2, -0.15) is 0 Å². The van der Waals surface area contributed by atoms with Crippen LogP contribution in [0.25, 0.3) is 0 Å². The summed E-state index contributed by atoms with van der Waals surface area (Å²) in [5, 5.41) is 0. The Bertz CT molecular complexity index is 7.61. The van der Waals surface area contributed by atoms with E-state index in [-0.39, 0.29) is 71.2 Å². The van der Waals surface area contributed by atoms with Crippen LogP contribution in [-0.2, 0) is 22.4 Å². The number of hydrogen-bond donors (Lipinski definition) is 0. The normalized spacial score (nSPS) is 1.20. The zero-order chi connectivity index (χ0) is 2.00. The molecule has 5 heteroatoms. The molecule has 0 saturated heterocycles. The molecule has 0 unspecified atom stereocenters. The van der Waals surface area contributed by atoms with Gasteiger partial charge >= 0.3 is 85.7 Å². The van der Waals surface area contributed by atoms with Crippen LogP contribution >= 0.6 is 0 Å². The van der Waals surface area contributed by atoms with Gasteiger partial charge in [-0.15, -0.1) is 0 Å². The molecular formula is H4AgSb2Te2. The van der Waals surface area contributed by atoms with Crippen molar-refractivity contribution in [3.8, 4) is 0 Å². The molecule has 0 N–H and O–H groups in total. The van der Waals surface area contributed by atoms with Crippen LogP contribution in [0.2, 0.25) is 0 Å². The molecule has 0 rings (SSSR count). The summed E-state index contributed by atoms with van der Waals surface area (Å²) in [6.45, 7) is 0. The first kappa shape index (κ1) is 23.1. The van der Waals surface area contributed by atoms with Gasteiger partial charge in [0.25, 0.3) is 0 Å². The quantitative estimate of drug-likeness (QED) is 0.265. The molecule has 37 valence electrons. The molecule has 0 aliphatic carbocycles. The van der Waals surface area contributed by atoms with Gasteiger partial charge in [0.15, 0.2) is 0 Å². The summed E-state index contributed by atoms with van der Waals surface area (Å²) < 4.78 is 0. The fraction of sp³-hybridized carbons (Fsp3) is 0. The molecule has 5 radical (unpaired) electrons. The molecule has 0 fully saturated rings. The zero-order valence-electron chi connectivity index (χ0n) is 2.27. The number of hydrogen-bond acceptors (Lipinski definition) is 0. The predicted molar refractivity (Wildman–Crippen MR) is 28.6 cm³/mol. The van der Waals surface area contributed by atoms with Gasteiger partial charge in [-0.1, -0.05) is 0 Å². The molecule has 0 aromatic carbocycles. The minimum atomic E-state index is 0. The van der Waals surface area contributed by atoms with Crippen molar-refractivity contribution in [1.29, 1.82) is 0 Å². The van der Waals surface area contributed by atoms with E-state index in [1.807, 2.05) is 36.9 Å². The molecule has 0 aliphatic rings. The molecule has 0 amide bonds. The van der Waals surface area contributed by atoms with Crippen LogP contribution in [0, 0.1) is 0 Å². The van der Waals surface area contributed by atoms with Gasteiger partial charge in [-0.25, -0.2) is 0 Å². The van der Waals surface area contributed by atoms with Crippen molar-refractivity contribution in [3.05, 3.63) is 0 Å². The summed E-state index contributed by atoms with van der Waals surface area (Å²) >= 11 is 3.92. The van der Waals surface area contributed by atoms with Crippen molar-refractivity contribution in [2.75, 3.05) is 0 Å². The second kappa shape index (κ2) is 24.6. The molecule has 0 aliphatic heterocycles. The first-order chi connectivity index (χ1) is 1.00. The Labute approximate surface area is 105 Å². The van der Waals surface area contributed by atoms with E-state index >= 15 is 0 Å². The molecule has 0 aromatic rings. The van der Waals surface area contributed by atoms with Gasteiger partial charge in [-0.3, -0.25) is 0 Å². The molecular weight excluding hydrogens is 607 g/mol. The second-order valence-electron chi connectivity index (χ2n) is 0. The molecule has 0 bridgehead atoms. The van der Waals surface area contributed by atoms with E-state index in [1.54, 1.807) is 0 Å². The SMILES string of the molecule is [Ag].[SbH2].[SbH2].[Te][Te]. The average Bonchev–Trinajstić information content (AvgIpc) is 1.00. The Morgan fingerprint density at radius 2 is 0.800 bits per heavy atom. The van der Waals surface area contributed by atoms with Crippen LogP contribution in [0.4, 0.5) is 0 Å². The Morgan fingerprint density at radius 1 is 0.800 bits per heavy atom. The summed E-state index contributed by atoms with van der Waals surface area (Å²) in [6.07, 6.45) is 0. The van der Waals surface area contributed by atoms with Crippen LogP contribution in [0.15, 0.2) is 0 Å². The van der Waals surface area contributed by atoms with E-state index in [1.165, 1.54) is 0 Å². The van der Waals surface area contributed by atoms with Gasteiger partial charge in [0.1, 0.15) is 0 Å². The molecule has 0 nitrogen and oxygen atoms in total. The average molecular weight is 611 g/mol. The third kappa shape index (κ3) is 18.0. The van der Waals surface area contributed by atoms with Crippen molar-refractivity contribution in [2.45, 2.75) is 0 Å². The summed E-state index contributed by atoms with van der Waals surface area (Å²) in [6, 6.07) is 0. The molecule has 5 heavy (non-hydrogen) atoms. The summed E-state index contributed by atoms with van der Waals surface area (Å²) in [4.78, 5) is 0. The van der Waals surface area contributed by atoms with Gasteiger partial charge in [0.2, 0.25) is 0 Å². The first-order valence-electron chi connectivity index (χ1n) is 0.167. The van der Waals surface area contributed by atoms with E-state index in [9.17, 15) is 0 Å². The minimum absolute atomic E-state index is 0. The monoisotopic (exact) mass is 613 g/mol. The fourth-order valence-corrected chi connectivity index (χ4v) is 0. The van der Waals surface area contributed by atoms with E-state index < -0.39 is 0 Å². The third-order valence-corrected chi connectivity index (χ3v) is 0. The topological polar surface area (TPSA) is 0 Å². The van der Waals surface area contributed by atoms with Crippen LogP contribution in [0.1, 0.15) is 0 Å². The maximum atomic E-state index is 1.96.